The molecule has 4 aromatic rings. The number of carbonyl (C=O) groups is 2. The number of benzene rings is 3. The molecule has 2 N–H and O–H groups in total. The van der Waals surface area contributed by atoms with Crippen LogP contribution < -0.4 is 10.6 Å². The predicted octanol–water partition coefficient (Wildman–Crippen LogP) is 5.11. The molecule has 2 amide bonds. The Hall–Kier alpha value is -3.97. The number of nitrogens with zero attached hydrogens (tertiary/aromatic N) is 2. The van der Waals surface area contributed by atoms with Crippen molar-refractivity contribution in [2.75, 3.05) is 16.5 Å². The molecule has 32 heavy (non-hydrogen) atoms. The second-order valence-corrected chi connectivity index (χ2v) is 7.16. The summed E-state index contributed by atoms with van der Waals surface area (Å²) < 4.78 is 15.1. The van der Waals surface area contributed by atoms with Crippen molar-refractivity contribution in [1.82, 2.24) is 9.78 Å². The van der Waals surface area contributed by atoms with Crippen LogP contribution in [0.15, 0.2) is 85.1 Å². The van der Waals surface area contributed by atoms with Gasteiger partial charge in [-0.1, -0.05) is 36.4 Å². The zero-order valence-corrected chi connectivity index (χ0v) is 17.5. The maximum Gasteiger partial charge on any atom is 0.259 e. The lowest BCUT2D eigenvalue weighted by molar-refractivity contribution is -0.113. The molecule has 0 saturated carbocycles. The van der Waals surface area contributed by atoms with Crippen LogP contribution in [0.3, 0.4) is 0 Å². The normalized spacial score (nSPS) is 10.6. The van der Waals surface area contributed by atoms with Crippen LogP contribution in [-0.2, 0) is 4.79 Å². The summed E-state index contributed by atoms with van der Waals surface area (Å²) in [6.07, 6.45) is 1.63. The number of anilines is 2. The molecule has 0 aliphatic heterocycles. The van der Waals surface area contributed by atoms with Crippen molar-refractivity contribution in [3.05, 3.63) is 96.4 Å². The Morgan fingerprint density at radius 3 is 2.34 bits per heavy atom. The molecule has 0 atom stereocenters. The van der Waals surface area contributed by atoms with Gasteiger partial charge in [-0.3, -0.25) is 9.59 Å². The Morgan fingerprint density at radius 1 is 0.906 bits per heavy atom. The number of para-hydroxylation sites is 1. The molecule has 8 heteroatoms. The first-order valence-corrected chi connectivity index (χ1v) is 10.3. The summed E-state index contributed by atoms with van der Waals surface area (Å²) >= 11 is 5.53. The molecule has 4 rings (SSSR count). The highest BCUT2D eigenvalue weighted by Crippen LogP contribution is 2.26. The van der Waals surface area contributed by atoms with E-state index in [1.165, 1.54) is 18.2 Å². The number of aromatic nitrogens is 2. The quantitative estimate of drug-likeness (QED) is 0.402. The summed E-state index contributed by atoms with van der Waals surface area (Å²) in [6.45, 7) is 0. The topological polar surface area (TPSA) is 76.0 Å². The van der Waals surface area contributed by atoms with Crippen LogP contribution in [0.25, 0.3) is 16.9 Å². The lowest BCUT2D eigenvalue weighted by atomic mass is 10.1. The minimum absolute atomic E-state index is 0.145. The highest BCUT2D eigenvalue weighted by atomic mass is 35.5. The SMILES string of the molecule is O=C(CCl)Nc1ccc(-c2nn(-c3ccccc3)cc2C(=O)Nc2cccc(F)c2)cc1. The van der Waals surface area contributed by atoms with Crippen molar-refractivity contribution in [2.24, 2.45) is 0 Å². The van der Waals surface area contributed by atoms with Gasteiger partial charge in [-0.25, -0.2) is 9.07 Å². The monoisotopic (exact) mass is 448 g/mol. The van der Waals surface area contributed by atoms with Crippen LogP contribution >= 0.6 is 11.6 Å². The van der Waals surface area contributed by atoms with Gasteiger partial charge >= 0.3 is 0 Å². The van der Waals surface area contributed by atoms with Gasteiger partial charge in [0.1, 0.15) is 17.4 Å². The number of hydrogen-bond acceptors (Lipinski definition) is 3. The number of carbonyl (C=O) groups excluding carboxylic acids is 2. The van der Waals surface area contributed by atoms with Crippen molar-refractivity contribution in [3.8, 4) is 16.9 Å². The van der Waals surface area contributed by atoms with Crippen LogP contribution in [0.5, 0.6) is 0 Å². The summed E-state index contributed by atoms with van der Waals surface area (Å²) in [5, 5.41) is 9.99. The fourth-order valence-corrected chi connectivity index (χ4v) is 3.20. The standard InChI is InChI=1S/C24H18ClFN4O2/c25-14-22(31)27-18-11-9-16(10-12-18)23-21(15-30(29-23)20-7-2-1-3-8-20)24(32)28-19-6-4-5-17(26)13-19/h1-13,15H,14H2,(H,27,31)(H,28,32). The number of amides is 2. The van der Waals surface area contributed by atoms with Gasteiger partial charge in [-0.2, -0.15) is 5.10 Å². The number of rotatable bonds is 6. The fraction of sp³-hybridized carbons (Fsp3) is 0.0417. The van der Waals surface area contributed by atoms with Crippen LogP contribution in [0.2, 0.25) is 0 Å². The van der Waals surface area contributed by atoms with Gasteiger partial charge in [-0.15, -0.1) is 11.6 Å². The van der Waals surface area contributed by atoms with Crippen molar-refractivity contribution in [2.45, 2.75) is 0 Å². The van der Waals surface area contributed by atoms with Crippen LogP contribution in [0.1, 0.15) is 10.4 Å². The van der Waals surface area contributed by atoms with Crippen LogP contribution in [0, 0.1) is 5.82 Å². The predicted molar refractivity (Wildman–Crippen MR) is 123 cm³/mol. The van der Waals surface area contributed by atoms with E-state index in [2.05, 4.69) is 15.7 Å². The highest BCUT2D eigenvalue weighted by Gasteiger charge is 2.19. The van der Waals surface area contributed by atoms with Gasteiger partial charge < -0.3 is 10.6 Å². The molecular weight excluding hydrogens is 431 g/mol. The molecule has 0 unspecified atom stereocenters. The number of nitrogens with one attached hydrogen (secondary N) is 2. The Balaban J connectivity index is 1.70. The minimum Gasteiger partial charge on any atom is -0.325 e. The Bertz CT molecular complexity index is 1260. The van der Waals surface area contributed by atoms with Gasteiger partial charge in [0.25, 0.3) is 5.91 Å². The molecule has 0 radical (unpaired) electrons. The van der Waals surface area contributed by atoms with Gasteiger partial charge in [0.2, 0.25) is 5.91 Å². The van der Waals surface area contributed by atoms with Crippen molar-refractivity contribution in [3.63, 3.8) is 0 Å². The van der Waals surface area contributed by atoms with E-state index in [-0.39, 0.29) is 11.8 Å². The fourth-order valence-electron chi connectivity index (χ4n) is 3.14. The Labute approximate surface area is 188 Å². The molecule has 0 bridgehead atoms. The first-order chi connectivity index (χ1) is 15.5. The smallest absolute Gasteiger partial charge is 0.259 e. The molecule has 0 aliphatic carbocycles. The molecule has 1 aromatic heterocycles. The summed E-state index contributed by atoms with van der Waals surface area (Å²) in [7, 11) is 0. The Morgan fingerprint density at radius 2 is 1.66 bits per heavy atom. The summed E-state index contributed by atoms with van der Waals surface area (Å²) in [6, 6.07) is 22.0. The summed E-state index contributed by atoms with van der Waals surface area (Å²) in [5.74, 6) is -1.33. The largest absolute Gasteiger partial charge is 0.325 e. The minimum atomic E-state index is -0.447. The second-order valence-electron chi connectivity index (χ2n) is 6.90. The summed E-state index contributed by atoms with van der Waals surface area (Å²) in [4.78, 5) is 24.6. The third-order valence-electron chi connectivity index (χ3n) is 4.63. The van der Waals surface area contributed by atoms with E-state index < -0.39 is 11.7 Å². The second kappa shape index (κ2) is 9.45. The van der Waals surface area contributed by atoms with Gasteiger partial charge in [0.05, 0.1) is 11.3 Å². The molecule has 0 spiro atoms. The first kappa shape index (κ1) is 21.3. The van der Waals surface area contributed by atoms with Gasteiger partial charge in [0.15, 0.2) is 0 Å². The maximum atomic E-state index is 13.5. The average Bonchev–Trinajstić information content (AvgIpc) is 3.26. The van der Waals surface area contributed by atoms with E-state index in [4.69, 9.17) is 11.6 Å². The van der Waals surface area contributed by atoms with Crippen molar-refractivity contribution in [1.29, 1.82) is 0 Å². The van der Waals surface area contributed by atoms with E-state index in [1.54, 1.807) is 41.2 Å². The van der Waals surface area contributed by atoms with E-state index >= 15 is 0 Å². The molecule has 0 aliphatic rings. The molecule has 1 heterocycles. The van der Waals surface area contributed by atoms with Gasteiger partial charge in [-0.05, 0) is 42.5 Å². The van der Waals surface area contributed by atoms with E-state index in [1.807, 2.05) is 30.3 Å². The first-order valence-electron chi connectivity index (χ1n) is 9.72. The zero-order valence-electron chi connectivity index (χ0n) is 16.8. The van der Waals surface area contributed by atoms with E-state index in [0.717, 1.165) is 5.69 Å². The van der Waals surface area contributed by atoms with Crippen molar-refractivity contribution >= 4 is 34.8 Å². The molecule has 6 nitrogen and oxygen atoms in total. The highest BCUT2D eigenvalue weighted by molar-refractivity contribution is 6.29. The third kappa shape index (κ3) is 4.84. The van der Waals surface area contributed by atoms with E-state index in [0.29, 0.717) is 28.2 Å². The zero-order chi connectivity index (χ0) is 22.5. The number of hydrogen-bond donors (Lipinski definition) is 2. The molecular formula is C24H18ClFN4O2. The van der Waals surface area contributed by atoms with Crippen molar-refractivity contribution < 1.29 is 14.0 Å². The lowest BCUT2D eigenvalue weighted by Crippen LogP contribution is -2.13. The number of alkyl halides is 1. The lowest BCUT2D eigenvalue weighted by Gasteiger charge is -2.07. The van der Waals surface area contributed by atoms with Crippen LogP contribution in [0.4, 0.5) is 15.8 Å². The third-order valence-corrected chi connectivity index (χ3v) is 4.87. The number of halogens is 2. The molecule has 160 valence electrons. The Kier molecular flexibility index (Phi) is 6.28. The van der Waals surface area contributed by atoms with Crippen LogP contribution in [-0.4, -0.2) is 27.5 Å². The summed E-state index contributed by atoms with van der Waals surface area (Å²) in [5.41, 5.74) is 3.13. The molecule has 0 fully saturated rings. The van der Waals surface area contributed by atoms with Gasteiger partial charge in [0, 0.05) is 23.1 Å². The average molecular weight is 449 g/mol. The molecule has 0 saturated heterocycles. The van der Waals surface area contributed by atoms with E-state index in [9.17, 15) is 14.0 Å². The maximum absolute atomic E-state index is 13.5. The molecule has 3 aromatic carbocycles.